The van der Waals surface area contributed by atoms with E-state index in [9.17, 15) is 18.8 Å². The highest BCUT2D eigenvalue weighted by Gasteiger charge is 2.38. The fourth-order valence-electron chi connectivity index (χ4n) is 5.67. The first kappa shape index (κ1) is 29.4. The second kappa shape index (κ2) is 12.5. The molecule has 0 saturated carbocycles. The van der Waals surface area contributed by atoms with Crippen molar-refractivity contribution in [2.75, 3.05) is 50.5 Å². The van der Waals surface area contributed by atoms with Crippen LogP contribution in [-0.2, 0) is 14.4 Å². The molecule has 44 heavy (non-hydrogen) atoms. The fraction of sp³-hybridized carbons (Fsp3) is 0.273. The van der Waals surface area contributed by atoms with Gasteiger partial charge in [-0.15, -0.1) is 11.8 Å². The molecule has 2 aliphatic rings. The molecule has 1 aromatic heterocycles. The maximum atomic E-state index is 14.6. The van der Waals surface area contributed by atoms with Crippen molar-refractivity contribution in [3.8, 4) is 22.7 Å². The van der Waals surface area contributed by atoms with Gasteiger partial charge in [0.05, 0.1) is 29.5 Å². The summed E-state index contributed by atoms with van der Waals surface area (Å²) in [4.78, 5) is 44.5. The van der Waals surface area contributed by atoms with Gasteiger partial charge < -0.3 is 14.5 Å². The van der Waals surface area contributed by atoms with Crippen molar-refractivity contribution in [3.63, 3.8) is 0 Å². The van der Waals surface area contributed by atoms with Crippen LogP contribution in [-0.4, -0.2) is 82.9 Å². The van der Waals surface area contributed by atoms with Crippen LogP contribution in [0.2, 0.25) is 0 Å². The number of thioether (sulfide) groups is 1. The van der Waals surface area contributed by atoms with Gasteiger partial charge in [-0.2, -0.15) is 5.10 Å². The Morgan fingerprint density at radius 1 is 0.955 bits per heavy atom. The van der Waals surface area contributed by atoms with E-state index in [4.69, 9.17) is 9.84 Å². The first-order chi connectivity index (χ1) is 21.3. The molecule has 0 spiro atoms. The van der Waals surface area contributed by atoms with Crippen LogP contribution in [0, 0.1) is 5.82 Å². The first-order valence-corrected chi connectivity index (χ1v) is 15.4. The minimum absolute atomic E-state index is 0.0262. The van der Waals surface area contributed by atoms with Gasteiger partial charge in [-0.25, -0.2) is 9.07 Å². The number of hydrogen-bond acceptors (Lipinski definition) is 6. The second-order valence-corrected chi connectivity index (χ2v) is 11.8. The van der Waals surface area contributed by atoms with Gasteiger partial charge in [0.1, 0.15) is 23.9 Å². The summed E-state index contributed by atoms with van der Waals surface area (Å²) in [7, 11) is 1.59. The molecule has 1 atom stereocenters. The van der Waals surface area contributed by atoms with Gasteiger partial charge in [0, 0.05) is 44.2 Å². The minimum Gasteiger partial charge on any atom is -0.497 e. The average Bonchev–Trinajstić information content (AvgIpc) is 3.37. The number of ether oxygens (including phenoxy) is 1. The number of hydrogen-bond donors (Lipinski definition) is 0. The molecule has 1 fully saturated rings. The van der Waals surface area contributed by atoms with Crippen LogP contribution in [0.15, 0.2) is 78.9 Å². The average molecular weight is 614 g/mol. The van der Waals surface area contributed by atoms with Crippen molar-refractivity contribution >= 4 is 35.3 Å². The van der Waals surface area contributed by atoms with E-state index in [0.29, 0.717) is 54.7 Å². The maximum absolute atomic E-state index is 14.6. The minimum atomic E-state index is -0.439. The molecule has 0 N–H and O–H groups in total. The lowest BCUT2D eigenvalue weighted by molar-refractivity contribution is -0.137. The number of carbonyl (C=O) groups excluding carboxylic acids is 3. The van der Waals surface area contributed by atoms with Crippen LogP contribution >= 0.6 is 11.8 Å². The Morgan fingerprint density at radius 2 is 1.66 bits per heavy atom. The quantitative estimate of drug-likeness (QED) is 0.317. The number of nitrogens with zero attached hydrogens (tertiary/aromatic N) is 5. The van der Waals surface area contributed by atoms with Crippen molar-refractivity contribution in [3.05, 3.63) is 95.8 Å². The molecule has 6 rings (SSSR count). The van der Waals surface area contributed by atoms with Crippen molar-refractivity contribution in [1.82, 2.24) is 19.6 Å². The highest BCUT2D eigenvalue weighted by Crippen LogP contribution is 2.48. The van der Waals surface area contributed by atoms with Crippen molar-refractivity contribution in [2.24, 2.45) is 0 Å². The van der Waals surface area contributed by atoms with E-state index in [-0.39, 0.29) is 35.8 Å². The smallest absolute Gasteiger partial charge is 0.242 e. The molecule has 0 bridgehead atoms. The fourth-order valence-corrected chi connectivity index (χ4v) is 6.86. The summed E-state index contributed by atoms with van der Waals surface area (Å²) in [5.41, 5.74) is 3.57. The third-order valence-electron chi connectivity index (χ3n) is 7.98. The van der Waals surface area contributed by atoms with E-state index in [1.807, 2.05) is 60.7 Å². The third-order valence-corrected chi connectivity index (χ3v) is 9.23. The summed E-state index contributed by atoms with van der Waals surface area (Å²) in [6.07, 6.45) is 0. The third kappa shape index (κ3) is 5.79. The Hall–Kier alpha value is -4.64. The summed E-state index contributed by atoms with van der Waals surface area (Å²) in [6.45, 7) is 2.99. The Kier molecular flexibility index (Phi) is 8.38. The van der Waals surface area contributed by atoms with Crippen LogP contribution in [0.3, 0.4) is 0 Å². The molecular weight excluding hydrogens is 581 g/mol. The highest BCUT2D eigenvalue weighted by atomic mass is 32.2. The van der Waals surface area contributed by atoms with Crippen LogP contribution < -0.4 is 9.64 Å². The van der Waals surface area contributed by atoms with E-state index in [1.54, 1.807) is 27.7 Å². The van der Waals surface area contributed by atoms with Crippen LogP contribution in [0.25, 0.3) is 16.9 Å². The second-order valence-electron chi connectivity index (χ2n) is 10.7. The van der Waals surface area contributed by atoms with Gasteiger partial charge in [-0.3, -0.25) is 19.3 Å². The van der Waals surface area contributed by atoms with E-state index < -0.39 is 5.25 Å². The lowest BCUT2D eigenvalue weighted by Crippen LogP contribution is -2.53. The monoisotopic (exact) mass is 613 g/mol. The van der Waals surface area contributed by atoms with Crippen molar-refractivity contribution in [1.29, 1.82) is 0 Å². The summed E-state index contributed by atoms with van der Waals surface area (Å²) in [5.74, 6) is 0.344. The Balaban J connectivity index is 1.51. The van der Waals surface area contributed by atoms with Gasteiger partial charge in [0.2, 0.25) is 17.7 Å². The Labute approximate surface area is 259 Å². The summed E-state index contributed by atoms with van der Waals surface area (Å²) < 4.78 is 21.7. The van der Waals surface area contributed by atoms with Gasteiger partial charge >= 0.3 is 0 Å². The number of benzene rings is 3. The predicted octanol–water partition coefficient (Wildman–Crippen LogP) is 4.55. The van der Waals surface area contributed by atoms with Crippen LogP contribution in [0.4, 0.5) is 10.2 Å². The Bertz CT molecular complexity index is 1690. The number of rotatable bonds is 6. The molecule has 0 aliphatic carbocycles. The standard InChI is InChI=1S/C33H32FN5O4S/c1-22(40)36-15-17-37(18-16-36)28(41)20-38-29(42)21-44-32(24-9-6-10-25(34)19-24)30-31(23-7-4-3-5-8-23)35-39(33(30)38)26-11-13-27(43-2)14-12-26/h3-14,19,32H,15-18,20-21H2,1-2H3/t32-/m0/s1. The molecule has 2 aliphatic heterocycles. The van der Waals surface area contributed by atoms with E-state index in [2.05, 4.69) is 0 Å². The molecule has 4 aromatic rings. The zero-order valence-corrected chi connectivity index (χ0v) is 25.3. The van der Waals surface area contributed by atoms with E-state index >= 15 is 0 Å². The van der Waals surface area contributed by atoms with Gasteiger partial charge in [-0.1, -0.05) is 42.5 Å². The molecule has 9 nitrogen and oxygen atoms in total. The number of fused-ring (bicyclic) bond motifs is 1. The number of carbonyl (C=O) groups is 3. The number of amides is 3. The van der Waals surface area contributed by atoms with E-state index in [1.165, 1.54) is 35.7 Å². The molecule has 0 unspecified atom stereocenters. The number of halogens is 1. The zero-order valence-electron chi connectivity index (χ0n) is 24.5. The van der Waals surface area contributed by atoms with Crippen LogP contribution in [0.5, 0.6) is 5.75 Å². The maximum Gasteiger partial charge on any atom is 0.242 e. The van der Waals surface area contributed by atoms with Crippen molar-refractivity contribution < 1.29 is 23.5 Å². The molecule has 3 aromatic carbocycles. The molecule has 1 saturated heterocycles. The number of methoxy groups -OCH3 is 1. The molecule has 11 heteroatoms. The summed E-state index contributed by atoms with van der Waals surface area (Å²) in [6, 6.07) is 23.4. The lowest BCUT2D eigenvalue weighted by Gasteiger charge is -2.35. The topological polar surface area (TPSA) is 88.0 Å². The zero-order chi connectivity index (χ0) is 30.8. The van der Waals surface area contributed by atoms with Crippen LogP contribution in [0.1, 0.15) is 23.3 Å². The summed E-state index contributed by atoms with van der Waals surface area (Å²) >= 11 is 1.39. The highest BCUT2D eigenvalue weighted by molar-refractivity contribution is 8.00. The van der Waals surface area contributed by atoms with Gasteiger partial charge in [-0.05, 0) is 42.0 Å². The van der Waals surface area contributed by atoms with Crippen molar-refractivity contribution in [2.45, 2.75) is 12.2 Å². The number of anilines is 1. The molecular formula is C33H32FN5O4S. The molecule has 3 heterocycles. The van der Waals surface area contributed by atoms with Gasteiger partial charge in [0.25, 0.3) is 0 Å². The SMILES string of the molecule is COc1ccc(-n2nc(-c3ccccc3)c3c2N(CC(=O)N2CCN(C(C)=O)CC2)C(=O)CS[C@H]3c2cccc(F)c2)cc1. The normalized spacial score (nSPS) is 16.8. The largest absolute Gasteiger partial charge is 0.497 e. The Morgan fingerprint density at radius 3 is 2.32 bits per heavy atom. The van der Waals surface area contributed by atoms with E-state index in [0.717, 1.165) is 11.1 Å². The number of aromatic nitrogens is 2. The summed E-state index contributed by atoms with van der Waals surface area (Å²) in [5, 5.41) is 4.63. The molecule has 3 amide bonds. The number of piperazine rings is 1. The lowest BCUT2D eigenvalue weighted by atomic mass is 9.99. The molecule has 0 radical (unpaired) electrons. The predicted molar refractivity (Wildman–Crippen MR) is 167 cm³/mol. The van der Waals surface area contributed by atoms with Gasteiger partial charge in [0.15, 0.2) is 0 Å². The first-order valence-electron chi connectivity index (χ1n) is 14.4. The molecule has 226 valence electrons.